The van der Waals surface area contributed by atoms with Crippen LogP contribution < -0.4 is 10.2 Å². The second kappa shape index (κ2) is 7.82. The lowest BCUT2D eigenvalue weighted by Gasteiger charge is -2.16. The van der Waals surface area contributed by atoms with Gasteiger partial charge in [-0.3, -0.25) is 9.59 Å². The van der Waals surface area contributed by atoms with Crippen molar-refractivity contribution in [3.63, 3.8) is 0 Å². The van der Waals surface area contributed by atoms with Crippen molar-refractivity contribution >= 4 is 51.7 Å². The van der Waals surface area contributed by atoms with Crippen molar-refractivity contribution in [2.45, 2.75) is 6.18 Å². The molecule has 4 rings (SSSR count). The number of rotatable bonds is 4. The fourth-order valence-electron chi connectivity index (χ4n) is 3.07. The summed E-state index contributed by atoms with van der Waals surface area (Å²) in [6.07, 6.45) is -4.57. The minimum Gasteiger partial charge on any atom is -0.350 e. The maximum atomic E-state index is 13.5. The van der Waals surface area contributed by atoms with Gasteiger partial charge in [0.15, 0.2) is 0 Å². The first-order valence-electron chi connectivity index (χ1n) is 8.73. The Morgan fingerprint density at radius 2 is 1.74 bits per heavy atom. The summed E-state index contributed by atoms with van der Waals surface area (Å²) in [6.45, 7) is 0. The van der Waals surface area contributed by atoms with Gasteiger partial charge in [0, 0.05) is 10.6 Å². The van der Waals surface area contributed by atoms with Gasteiger partial charge in [-0.05, 0) is 47.8 Å². The molecule has 0 bridgehead atoms. The molecule has 4 nitrogen and oxygen atoms in total. The number of nitrogens with zero attached hydrogens (tertiary/aromatic N) is 1. The monoisotopic (exact) mass is 466 g/mol. The normalized spacial score (nSPS) is 14.5. The van der Waals surface area contributed by atoms with Gasteiger partial charge in [0.1, 0.15) is 11.5 Å². The quantitative estimate of drug-likeness (QED) is 0.381. The van der Waals surface area contributed by atoms with Crippen molar-refractivity contribution in [3.8, 4) is 0 Å². The van der Waals surface area contributed by atoms with Gasteiger partial charge in [-0.15, -0.1) is 11.3 Å². The van der Waals surface area contributed by atoms with Crippen molar-refractivity contribution in [2.24, 2.45) is 0 Å². The zero-order valence-electron chi connectivity index (χ0n) is 15.3. The molecule has 1 N–H and O–H groups in total. The van der Waals surface area contributed by atoms with E-state index in [0.717, 1.165) is 29.2 Å². The molecule has 1 aliphatic rings. The molecule has 0 saturated heterocycles. The zero-order chi connectivity index (χ0) is 22.3. The number of nitrogens with one attached hydrogen (secondary N) is 1. The number of halogens is 5. The number of hydrogen-bond acceptors (Lipinski definition) is 4. The van der Waals surface area contributed by atoms with E-state index in [4.69, 9.17) is 11.6 Å². The van der Waals surface area contributed by atoms with Crippen molar-refractivity contribution in [1.29, 1.82) is 0 Å². The van der Waals surface area contributed by atoms with Gasteiger partial charge in [0.05, 0.1) is 21.8 Å². The van der Waals surface area contributed by atoms with Gasteiger partial charge < -0.3 is 5.32 Å². The highest BCUT2D eigenvalue weighted by Crippen LogP contribution is 2.37. The summed E-state index contributed by atoms with van der Waals surface area (Å²) < 4.78 is 52.7. The average Bonchev–Trinajstić information content (AvgIpc) is 3.31. The molecule has 0 atom stereocenters. The molecule has 1 aliphatic heterocycles. The number of hydrogen-bond donors (Lipinski definition) is 1. The number of carbonyl (C=O) groups excluding carboxylic acids is 2. The Labute approximate surface area is 182 Å². The molecule has 2 heterocycles. The molecule has 10 heteroatoms. The van der Waals surface area contributed by atoms with E-state index >= 15 is 0 Å². The van der Waals surface area contributed by atoms with Crippen LogP contribution in [-0.4, -0.2) is 11.8 Å². The van der Waals surface area contributed by atoms with Crippen molar-refractivity contribution in [1.82, 2.24) is 0 Å². The number of carbonyl (C=O) groups is 2. The summed E-state index contributed by atoms with van der Waals surface area (Å²) in [5, 5.41) is 4.08. The van der Waals surface area contributed by atoms with Crippen LogP contribution in [0.15, 0.2) is 65.7 Å². The Morgan fingerprint density at radius 3 is 2.39 bits per heavy atom. The predicted molar refractivity (Wildman–Crippen MR) is 110 cm³/mol. The molecule has 0 spiro atoms. The SMILES string of the molecule is O=C1C(Nc2cccc(C(F)(F)F)c2)=C(c2cccs2)C(=O)N1c1ccc(F)c(Cl)c1. The standard InChI is InChI=1S/C21H11ClF4N2O2S/c22-14-10-13(6-7-15(14)23)28-19(29)17(16-5-2-8-31-16)18(20(28)30)27-12-4-1-3-11(9-12)21(24,25)26/h1-10,27H. The van der Waals surface area contributed by atoms with Crippen LogP contribution in [0.3, 0.4) is 0 Å². The molecule has 0 saturated carbocycles. The summed E-state index contributed by atoms with van der Waals surface area (Å²) in [5.74, 6) is -2.23. The first-order chi connectivity index (χ1) is 14.7. The number of alkyl halides is 3. The van der Waals surface area contributed by atoms with Crippen LogP contribution in [0.25, 0.3) is 5.57 Å². The maximum Gasteiger partial charge on any atom is 0.416 e. The van der Waals surface area contributed by atoms with E-state index < -0.39 is 29.4 Å². The summed E-state index contributed by atoms with van der Waals surface area (Å²) >= 11 is 6.98. The fraction of sp³-hybridized carbons (Fsp3) is 0.0476. The molecule has 2 amide bonds. The minimum absolute atomic E-state index is 0.00198. The van der Waals surface area contributed by atoms with Crippen LogP contribution in [0.2, 0.25) is 5.02 Å². The molecular weight excluding hydrogens is 456 g/mol. The second-order valence-electron chi connectivity index (χ2n) is 6.47. The molecule has 31 heavy (non-hydrogen) atoms. The Kier molecular flexibility index (Phi) is 5.32. The Hall–Kier alpha value is -3.17. The molecule has 0 aliphatic carbocycles. The summed E-state index contributed by atoms with van der Waals surface area (Å²) in [7, 11) is 0. The van der Waals surface area contributed by atoms with E-state index in [1.807, 2.05) is 0 Å². The van der Waals surface area contributed by atoms with Gasteiger partial charge in [0.25, 0.3) is 11.8 Å². The highest BCUT2D eigenvalue weighted by molar-refractivity contribution is 7.11. The van der Waals surface area contributed by atoms with E-state index in [9.17, 15) is 27.2 Å². The van der Waals surface area contributed by atoms with Gasteiger partial charge in [-0.25, -0.2) is 9.29 Å². The third kappa shape index (κ3) is 3.94. The fourth-order valence-corrected chi connectivity index (χ4v) is 4.01. The van der Waals surface area contributed by atoms with Crippen LogP contribution >= 0.6 is 22.9 Å². The highest BCUT2D eigenvalue weighted by Gasteiger charge is 2.41. The highest BCUT2D eigenvalue weighted by atomic mass is 35.5. The smallest absolute Gasteiger partial charge is 0.350 e. The molecule has 0 radical (unpaired) electrons. The van der Waals surface area contributed by atoms with Gasteiger partial charge in [0.2, 0.25) is 0 Å². The summed E-state index contributed by atoms with van der Waals surface area (Å²) in [4.78, 5) is 27.5. The lowest BCUT2D eigenvalue weighted by molar-refractivity contribution is -0.137. The number of imide groups is 1. The van der Waals surface area contributed by atoms with Crippen molar-refractivity contribution in [3.05, 3.63) is 87.0 Å². The molecule has 0 fully saturated rings. The Morgan fingerprint density at radius 1 is 0.968 bits per heavy atom. The largest absolute Gasteiger partial charge is 0.416 e. The molecular formula is C21H11ClF4N2O2S. The van der Waals surface area contributed by atoms with Crippen LogP contribution in [0, 0.1) is 5.82 Å². The first-order valence-corrected chi connectivity index (χ1v) is 9.99. The van der Waals surface area contributed by atoms with Crippen LogP contribution in [0.5, 0.6) is 0 Å². The lowest BCUT2D eigenvalue weighted by atomic mass is 10.1. The molecule has 158 valence electrons. The number of benzene rings is 2. The summed E-state index contributed by atoms with van der Waals surface area (Å²) in [6, 6.07) is 10.9. The van der Waals surface area contributed by atoms with E-state index in [1.165, 1.54) is 29.5 Å². The minimum atomic E-state index is -4.57. The van der Waals surface area contributed by atoms with Crippen molar-refractivity contribution < 1.29 is 27.2 Å². The second-order valence-corrected chi connectivity index (χ2v) is 7.83. The van der Waals surface area contributed by atoms with E-state index in [0.29, 0.717) is 4.88 Å². The number of anilines is 2. The Bertz CT molecular complexity index is 1220. The lowest BCUT2D eigenvalue weighted by Crippen LogP contribution is -2.32. The number of thiophene rings is 1. The van der Waals surface area contributed by atoms with E-state index in [-0.39, 0.29) is 27.7 Å². The molecule has 1 aromatic heterocycles. The summed E-state index contributed by atoms with van der Waals surface area (Å²) in [5.41, 5.74) is -1.07. The maximum absolute atomic E-state index is 13.5. The number of amides is 2. The van der Waals surface area contributed by atoms with Crippen molar-refractivity contribution in [2.75, 3.05) is 10.2 Å². The zero-order valence-corrected chi connectivity index (χ0v) is 16.9. The topological polar surface area (TPSA) is 49.4 Å². The van der Waals surface area contributed by atoms with E-state index in [1.54, 1.807) is 17.5 Å². The first kappa shape index (κ1) is 21.1. The molecule has 3 aromatic rings. The average molecular weight is 467 g/mol. The van der Waals surface area contributed by atoms with Gasteiger partial charge in [-0.2, -0.15) is 13.2 Å². The predicted octanol–water partition coefficient (Wildman–Crippen LogP) is 5.96. The van der Waals surface area contributed by atoms with Crippen LogP contribution in [-0.2, 0) is 15.8 Å². The third-order valence-electron chi connectivity index (χ3n) is 4.47. The third-order valence-corrected chi connectivity index (χ3v) is 5.65. The Balaban J connectivity index is 1.79. The molecule has 0 unspecified atom stereocenters. The van der Waals surface area contributed by atoms with Gasteiger partial charge >= 0.3 is 6.18 Å². The molecule has 2 aromatic carbocycles. The van der Waals surface area contributed by atoms with E-state index in [2.05, 4.69) is 5.32 Å². The van der Waals surface area contributed by atoms with Crippen LogP contribution in [0.1, 0.15) is 10.4 Å². The van der Waals surface area contributed by atoms with Gasteiger partial charge in [-0.1, -0.05) is 23.7 Å². The van der Waals surface area contributed by atoms with Crippen LogP contribution in [0.4, 0.5) is 28.9 Å².